The van der Waals surface area contributed by atoms with E-state index in [0.29, 0.717) is 0 Å². The molecule has 0 saturated heterocycles. The van der Waals surface area contributed by atoms with Crippen LogP contribution in [0, 0.1) is 0 Å². The van der Waals surface area contributed by atoms with Crippen LogP contribution in [0.4, 0.5) is 0 Å². The lowest BCUT2D eigenvalue weighted by Gasteiger charge is -2.24. The summed E-state index contributed by atoms with van der Waals surface area (Å²) in [6.07, 6.45) is 2.15. The van der Waals surface area contributed by atoms with Gasteiger partial charge in [-0.15, -0.1) is 0 Å². The first-order valence-electron chi connectivity index (χ1n) is 8.84. The van der Waals surface area contributed by atoms with Crippen LogP contribution < -0.4 is 25.9 Å². The summed E-state index contributed by atoms with van der Waals surface area (Å²) < 4.78 is 2.28. The molecule has 4 rings (SSSR count). The number of aryl methyl sites for hydroxylation is 1. The zero-order valence-electron chi connectivity index (χ0n) is 14.9. The highest BCUT2D eigenvalue weighted by Gasteiger charge is 2.53. The topological polar surface area (TPSA) is 3.88 Å². The standard InChI is InChI=1S/C24H22NP/c1-25-20-12-11-19-24(25)26(21-13-5-2-6-14-21,22-15-7-3-8-16-22)23-17-9-4-10-18-23/h2-20H,1H3/q+2. The van der Waals surface area contributed by atoms with E-state index < -0.39 is 7.26 Å². The maximum atomic E-state index is 2.28. The molecule has 0 radical (unpaired) electrons. The van der Waals surface area contributed by atoms with Crippen molar-refractivity contribution in [3.8, 4) is 0 Å². The molecule has 0 spiro atoms. The Morgan fingerprint density at radius 2 is 0.885 bits per heavy atom. The first kappa shape index (κ1) is 16.7. The molecule has 0 bridgehead atoms. The normalized spacial score (nSPS) is 11.3. The predicted octanol–water partition coefficient (Wildman–Crippen LogP) is 3.13. The smallest absolute Gasteiger partial charge is 0.171 e. The lowest BCUT2D eigenvalue weighted by atomic mass is 10.4. The highest BCUT2D eigenvalue weighted by molar-refractivity contribution is 8.01. The zero-order chi connectivity index (χ0) is 17.8. The van der Waals surface area contributed by atoms with E-state index in [1.165, 1.54) is 21.3 Å². The molecule has 0 atom stereocenters. The summed E-state index contributed by atoms with van der Waals surface area (Å²) in [6, 6.07) is 39.4. The second kappa shape index (κ2) is 7.23. The summed E-state index contributed by atoms with van der Waals surface area (Å²) in [5.74, 6) is 0. The van der Waals surface area contributed by atoms with Gasteiger partial charge in [0.15, 0.2) is 6.20 Å². The number of pyridine rings is 1. The van der Waals surface area contributed by atoms with E-state index >= 15 is 0 Å². The molecular formula is C24H22NP+2. The van der Waals surface area contributed by atoms with Crippen molar-refractivity contribution in [2.75, 3.05) is 0 Å². The number of hydrogen-bond acceptors (Lipinski definition) is 0. The molecule has 0 aliphatic rings. The van der Waals surface area contributed by atoms with Crippen molar-refractivity contribution in [3.63, 3.8) is 0 Å². The van der Waals surface area contributed by atoms with Gasteiger partial charge in [0.25, 0.3) is 0 Å². The quantitative estimate of drug-likeness (QED) is 0.391. The molecule has 0 amide bonds. The predicted molar refractivity (Wildman–Crippen MR) is 112 cm³/mol. The van der Waals surface area contributed by atoms with Crippen LogP contribution in [0.2, 0.25) is 0 Å². The van der Waals surface area contributed by atoms with Gasteiger partial charge in [-0.25, -0.2) is 0 Å². The fourth-order valence-corrected chi connectivity index (χ4v) is 8.06. The Labute approximate surface area is 155 Å². The fourth-order valence-electron chi connectivity index (χ4n) is 3.66. The number of nitrogens with zero attached hydrogens (tertiary/aromatic N) is 1. The summed E-state index contributed by atoms with van der Waals surface area (Å²) in [5, 5.41) is 4.12. The maximum absolute atomic E-state index is 2.28. The van der Waals surface area contributed by atoms with Crippen molar-refractivity contribution in [1.29, 1.82) is 0 Å². The van der Waals surface area contributed by atoms with Gasteiger partial charge in [0.1, 0.15) is 23.0 Å². The SMILES string of the molecule is C[n+]1ccccc1[P+](c1ccccc1)(c1ccccc1)c1ccccc1. The van der Waals surface area contributed by atoms with E-state index in [0.717, 1.165) is 0 Å². The summed E-state index contributed by atoms with van der Waals surface area (Å²) >= 11 is 0. The third-order valence-corrected chi connectivity index (χ3v) is 9.17. The Bertz CT molecular complexity index is 885. The Balaban J connectivity index is 2.17. The molecule has 0 saturated carbocycles. The first-order chi connectivity index (χ1) is 12.8. The van der Waals surface area contributed by atoms with Crippen LogP contribution in [0.25, 0.3) is 0 Å². The van der Waals surface area contributed by atoms with Crippen LogP contribution in [0.5, 0.6) is 0 Å². The molecule has 0 N–H and O–H groups in total. The highest BCUT2D eigenvalue weighted by atomic mass is 31.2. The second-order valence-corrected chi connectivity index (χ2v) is 9.70. The Morgan fingerprint density at radius 1 is 0.500 bits per heavy atom. The number of benzene rings is 3. The Hall–Kier alpha value is -2.76. The monoisotopic (exact) mass is 355 g/mol. The minimum atomic E-state index is -1.98. The number of hydrogen-bond donors (Lipinski definition) is 0. The summed E-state index contributed by atoms with van der Waals surface area (Å²) in [6.45, 7) is 0. The van der Waals surface area contributed by atoms with Gasteiger partial charge < -0.3 is 0 Å². The molecule has 4 aromatic rings. The molecule has 126 valence electrons. The number of aromatic nitrogens is 1. The second-order valence-electron chi connectivity index (χ2n) is 6.35. The maximum Gasteiger partial charge on any atom is 0.331 e. The lowest BCUT2D eigenvalue weighted by Crippen LogP contribution is -2.53. The zero-order valence-corrected chi connectivity index (χ0v) is 15.8. The largest absolute Gasteiger partial charge is 0.331 e. The third kappa shape index (κ3) is 2.75. The van der Waals surface area contributed by atoms with Gasteiger partial charge >= 0.3 is 5.44 Å². The third-order valence-electron chi connectivity index (χ3n) is 4.80. The van der Waals surface area contributed by atoms with Crippen LogP contribution in [0.15, 0.2) is 115 Å². The molecule has 0 aliphatic heterocycles. The molecule has 2 heteroatoms. The van der Waals surface area contributed by atoms with Crippen LogP contribution in [0.1, 0.15) is 0 Å². The molecule has 1 nitrogen and oxygen atoms in total. The van der Waals surface area contributed by atoms with E-state index in [-0.39, 0.29) is 0 Å². The van der Waals surface area contributed by atoms with Crippen molar-refractivity contribution in [1.82, 2.24) is 0 Å². The van der Waals surface area contributed by atoms with Gasteiger partial charge in [0.05, 0.1) is 0 Å². The minimum Gasteiger partial charge on any atom is -0.171 e. The molecule has 26 heavy (non-hydrogen) atoms. The van der Waals surface area contributed by atoms with E-state index in [1.54, 1.807) is 0 Å². The van der Waals surface area contributed by atoms with Crippen LogP contribution in [0.3, 0.4) is 0 Å². The van der Waals surface area contributed by atoms with Crippen molar-refractivity contribution in [2.45, 2.75) is 0 Å². The molecule has 1 heterocycles. The summed E-state index contributed by atoms with van der Waals surface area (Å²) in [5.41, 5.74) is 1.35. The highest BCUT2D eigenvalue weighted by Crippen LogP contribution is 2.53. The average Bonchev–Trinajstić information content (AvgIpc) is 2.72. The molecular weight excluding hydrogens is 333 g/mol. The van der Waals surface area contributed by atoms with Crippen LogP contribution in [-0.2, 0) is 7.05 Å². The fraction of sp³-hybridized carbons (Fsp3) is 0.0417. The van der Waals surface area contributed by atoms with Gasteiger partial charge in [0.2, 0.25) is 7.26 Å². The van der Waals surface area contributed by atoms with E-state index in [1.807, 2.05) is 0 Å². The van der Waals surface area contributed by atoms with E-state index in [9.17, 15) is 0 Å². The molecule has 0 aliphatic carbocycles. The van der Waals surface area contributed by atoms with Crippen LogP contribution in [-0.4, -0.2) is 0 Å². The molecule has 1 aromatic heterocycles. The van der Waals surface area contributed by atoms with Gasteiger partial charge in [-0.2, -0.15) is 4.57 Å². The van der Waals surface area contributed by atoms with E-state index in [2.05, 4.69) is 127 Å². The first-order valence-corrected chi connectivity index (χ1v) is 10.6. The summed E-state index contributed by atoms with van der Waals surface area (Å²) in [4.78, 5) is 0. The Kier molecular flexibility index (Phi) is 4.65. The average molecular weight is 355 g/mol. The van der Waals surface area contributed by atoms with Crippen molar-refractivity contribution in [2.24, 2.45) is 7.05 Å². The van der Waals surface area contributed by atoms with Gasteiger partial charge in [-0.3, -0.25) is 0 Å². The Morgan fingerprint density at radius 3 is 1.27 bits per heavy atom. The minimum absolute atomic E-state index is 1.35. The lowest BCUT2D eigenvalue weighted by molar-refractivity contribution is -0.653. The van der Waals surface area contributed by atoms with Crippen molar-refractivity contribution < 1.29 is 4.57 Å². The van der Waals surface area contributed by atoms with Crippen molar-refractivity contribution >= 4 is 28.6 Å². The van der Waals surface area contributed by atoms with Gasteiger partial charge in [-0.05, 0) is 42.5 Å². The molecule has 0 unspecified atom stereocenters. The van der Waals surface area contributed by atoms with Crippen molar-refractivity contribution in [3.05, 3.63) is 115 Å². The van der Waals surface area contributed by atoms with Gasteiger partial charge in [-0.1, -0.05) is 54.6 Å². The molecule has 3 aromatic carbocycles. The summed E-state index contributed by atoms with van der Waals surface area (Å²) in [7, 11) is 0.171. The van der Waals surface area contributed by atoms with Gasteiger partial charge in [0, 0.05) is 12.1 Å². The number of rotatable bonds is 4. The van der Waals surface area contributed by atoms with Crippen LogP contribution >= 0.6 is 7.26 Å². The molecule has 0 fully saturated rings. The van der Waals surface area contributed by atoms with E-state index in [4.69, 9.17) is 0 Å².